The van der Waals surface area contributed by atoms with Crippen LogP contribution in [-0.2, 0) is 19.6 Å². The minimum atomic E-state index is 0. The van der Waals surface area contributed by atoms with E-state index < -0.39 is 0 Å². The van der Waals surface area contributed by atoms with Gasteiger partial charge in [0.2, 0.25) is 0 Å². The Morgan fingerprint density at radius 3 is 2.19 bits per heavy atom. The first kappa shape index (κ1) is 27.0. The molecule has 0 aromatic heterocycles. The highest BCUT2D eigenvalue weighted by Crippen LogP contribution is 2.27. The minimum absolute atomic E-state index is 0. The minimum Gasteiger partial charge on any atom is -0.493 e. The molecule has 0 amide bonds. The number of hydrogen-bond acceptors (Lipinski definition) is 4. The standard InChI is InChI=1S/C24H36N4O2.HI/c1-6-25-24(26-16-19-13-14-22(29-4)23(15-19)30-5)27-17-20-11-9-10-12-21(20)18-28(7-2)8-3;/h9-15H,6-8,16-18H2,1-5H3,(H2,25,26,27);1H. The molecule has 7 heteroatoms. The van der Waals surface area contributed by atoms with Gasteiger partial charge in [0.25, 0.3) is 0 Å². The first-order valence-corrected chi connectivity index (χ1v) is 10.7. The number of methoxy groups -OCH3 is 2. The zero-order chi connectivity index (χ0) is 21.8. The Bertz CT molecular complexity index is 810. The second-order valence-electron chi connectivity index (χ2n) is 6.97. The number of guanidine groups is 1. The summed E-state index contributed by atoms with van der Waals surface area (Å²) in [6.45, 7) is 11.6. The molecule has 2 rings (SSSR count). The van der Waals surface area contributed by atoms with E-state index in [9.17, 15) is 0 Å². The van der Waals surface area contributed by atoms with Crippen molar-refractivity contribution in [1.29, 1.82) is 0 Å². The molecule has 2 aromatic rings. The summed E-state index contributed by atoms with van der Waals surface area (Å²) in [4.78, 5) is 7.17. The van der Waals surface area contributed by atoms with Crippen LogP contribution in [0.4, 0.5) is 0 Å². The molecule has 0 saturated carbocycles. The smallest absolute Gasteiger partial charge is 0.191 e. The fraction of sp³-hybridized carbons (Fsp3) is 0.458. The van der Waals surface area contributed by atoms with E-state index in [1.54, 1.807) is 14.2 Å². The van der Waals surface area contributed by atoms with Crippen molar-refractivity contribution in [2.45, 2.75) is 40.4 Å². The summed E-state index contributed by atoms with van der Waals surface area (Å²) >= 11 is 0. The molecule has 31 heavy (non-hydrogen) atoms. The SMILES string of the molecule is CCNC(=NCc1ccc(OC)c(OC)c1)NCc1ccccc1CN(CC)CC.I. The van der Waals surface area contributed by atoms with Crippen LogP contribution < -0.4 is 20.1 Å². The second kappa shape index (κ2) is 14.9. The molecule has 0 saturated heterocycles. The van der Waals surface area contributed by atoms with Gasteiger partial charge in [-0.05, 0) is 48.8 Å². The van der Waals surface area contributed by atoms with Crippen molar-refractivity contribution in [3.63, 3.8) is 0 Å². The van der Waals surface area contributed by atoms with Gasteiger partial charge in [0.05, 0.1) is 20.8 Å². The monoisotopic (exact) mass is 540 g/mol. The summed E-state index contributed by atoms with van der Waals surface area (Å²) in [5.74, 6) is 2.23. The molecule has 0 aliphatic heterocycles. The summed E-state index contributed by atoms with van der Waals surface area (Å²) in [5.41, 5.74) is 3.71. The first-order chi connectivity index (χ1) is 14.6. The van der Waals surface area contributed by atoms with E-state index in [1.807, 2.05) is 18.2 Å². The van der Waals surface area contributed by atoms with Gasteiger partial charge in [-0.1, -0.05) is 44.2 Å². The summed E-state index contributed by atoms with van der Waals surface area (Å²) in [6.07, 6.45) is 0. The number of benzene rings is 2. The molecule has 0 aliphatic rings. The third kappa shape index (κ3) is 8.57. The van der Waals surface area contributed by atoms with E-state index in [4.69, 9.17) is 14.5 Å². The van der Waals surface area contributed by atoms with Crippen LogP contribution in [0.2, 0.25) is 0 Å². The van der Waals surface area contributed by atoms with Crippen molar-refractivity contribution in [1.82, 2.24) is 15.5 Å². The number of hydrogen-bond donors (Lipinski definition) is 2. The summed E-state index contributed by atoms with van der Waals surface area (Å²) in [6, 6.07) is 14.5. The molecule has 0 spiro atoms. The lowest BCUT2D eigenvalue weighted by Crippen LogP contribution is -2.37. The van der Waals surface area contributed by atoms with Crippen molar-refractivity contribution in [3.8, 4) is 11.5 Å². The zero-order valence-corrected chi connectivity index (χ0v) is 21.7. The predicted octanol–water partition coefficient (Wildman–Crippen LogP) is 4.42. The molecule has 0 aliphatic carbocycles. The van der Waals surface area contributed by atoms with Crippen LogP contribution >= 0.6 is 24.0 Å². The highest BCUT2D eigenvalue weighted by atomic mass is 127. The van der Waals surface area contributed by atoms with Crippen molar-refractivity contribution < 1.29 is 9.47 Å². The molecular weight excluding hydrogens is 503 g/mol. The van der Waals surface area contributed by atoms with Crippen molar-refractivity contribution in [2.24, 2.45) is 4.99 Å². The van der Waals surface area contributed by atoms with Gasteiger partial charge in [-0.15, -0.1) is 24.0 Å². The van der Waals surface area contributed by atoms with Crippen LogP contribution in [0, 0.1) is 0 Å². The molecule has 0 unspecified atom stereocenters. The maximum atomic E-state index is 5.39. The van der Waals surface area contributed by atoms with E-state index >= 15 is 0 Å². The van der Waals surface area contributed by atoms with Gasteiger partial charge < -0.3 is 20.1 Å². The lowest BCUT2D eigenvalue weighted by Gasteiger charge is -2.20. The lowest BCUT2D eigenvalue weighted by atomic mass is 10.1. The second-order valence-corrected chi connectivity index (χ2v) is 6.97. The number of nitrogens with zero attached hydrogens (tertiary/aromatic N) is 2. The Labute approximate surface area is 204 Å². The normalized spacial score (nSPS) is 11.1. The van der Waals surface area contributed by atoms with Crippen LogP contribution in [0.5, 0.6) is 11.5 Å². The zero-order valence-electron chi connectivity index (χ0n) is 19.4. The fourth-order valence-corrected chi connectivity index (χ4v) is 3.24. The summed E-state index contributed by atoms with van der Waals surface area (Å²) < 4.78 is 10.7. The Morgan fingerprint density at radius 1 is 0.903 bits per heavy atom. The van der Waals surface area contributed by atoms with Crippen molar-refractivity contribution >= 4 is 29.9 Å². The maximum absolute atomic E-state index is 5.39. The Balaban J connectivity index is 0.00000480. The average Bonchev–Trinajstić information content (AvgIpc) is 2.79. The quantitative estimate of drug-likeness (QED) is 0.251. The van der Waals surface area contributed by atoms with Crippen molar-refractivity contribution in [3.05, 3.63) is 59.2 Å². The van der Waals surface area contributed by atoms with Gasteiger partial charge in [-0.25, -0.2) is 4.99 Å². The third-order valence-corrected chi connectivity index (χ3v) is 5.06. The molecule has 2 aromatic carbocycles. The van der Waals surface area contributed by atoms with Crippen LogP contribution in [0.15, 0.2) is 47.5 Å². The number of rotatable bonds is 11. The average molecular weight is 540 g/mol. The molecule has 0 atom stereocenters. The third-order valence-electron chi connectivity index (χ3n) is 5.06. The molecule has 0 radical (unpaired) electrons. The number of aliphatic imine (C=N–C) groups is 1. The van der Waals surface area contributed by atoms with Crippen LogP contribution in [0.3, 0.4) is 0 Å². The van der Waals surface area contributed by atoms with Gasteiger partial charge >= 0.3 is 0 Å². The summed E-state index contributed by atoms with van der Waals surface area (Å²) in [7, 11) is 3.28. The molecule has 0 bridgehead atoms. The Hall–Kier alpha value is -2.00. The van der Waals surface area contributed by atoms with Gasteiger partial charge in [-0.3, -0.25) is 4.90 Å². The van der Waals surface area contributed by atoms with E-state index in [1.165, 1.54) is 11.1 Å². The van der Waals surface area contributed by atoms with Gasteiger partial charge in [-0.2, -0.15) is 0 Å². The van der Waals surface area contributed by atoms with Gasteiger partial charge in [0.15, 0.2) is 17.5 Å². The molecule has 0 fully saturated rings. The van der Waals surface area contributed by atoms with E-state index in [-0.39, 0.29) is 24.0 Å². The number of ether oxygens (including phenoxy) is 2. The highest BCUT2D eigenvalue weighted by molar-refractivity contribution is 14.0. The first-order valence-electron chi connectivity index (χ1n) is 10.7. The molecule has 2 N–H and O–H groups in total. The van der Waals surface area contributed by atoms with Crippen LogP contribution in [0.1, 0.15) is 37.5 Å². The Kier molecular flexibility index (Phi) is 13.0. The maximum Gasteiger partial charge on any atom is 0.191 e. The molecule has 6 nitrogen and oxygen atoms in total. The van der Waals surface area contributed by atoms with E-state index in [0.29, 0.717) is 12.3 Å². The molecule has 172 valence electrons. The fourth-order valence-electron chi connectivity index (χ4n) is 3.24. The Morgan fingerprint density at radius 2 is 1.58 bits per heavy atom. The van der Waals surface area contributed by atoms with Crippen molar-refractivity contribution in [2.75, 3.05) is 33.9 Å². The number of nitrogens with one attached hydrogen (secondary N) is 2. The van der Waals surface area contributed by atoms with E-state index in [0.717, 1.165) is 50.0 Å². The molecule has 0 heterocycles. The molecular formula is C24H37IN4O2. The highest BCUT2D eigenvalue weighted by Gasteiger charge is 2.08. The largest absolute Gasteiger partial charge is 0.493 e. The predicted molar refractivity (Wildman–Crippen MR) is 140 cm³/mol. The van der Waals surface area contributed by atoms with Crippen LogP contribution in [-0.4, -0.2) is 44.7 Å². The summed E-state index contributed by atoms with van der Waals surface area (Å²) in [5, 5.41) is 6.80. The van der Waals surface area contributed by atoms with Gasteiger partial charge in [0, 0.05) is 19.6 Å². The van der Waals surface area contributed by atoms with Gasteiger partial charge in [0.1, 0.15) is 0 Å². The number of halogens is 1. The lowest BCUT2D eigenvalue weighted by molar-refractivity contribution is 0.295. The van der Waals surface area contributed by atoms with E-state index in [2.05, 4.69) is 60.6 Å². The van der Waals surface area contributed by atoms with Crippen LogP contribution in [0.25, 0.3) is 0 Å². The topological polar surface area (TPSA) is 58.1 Å².